The summed E-state index contributed by atoms with van der Waals surface area (Å²) >= 11 is 11.7. The van der Waals surface area contributed by atoms with Crippen LogP contribution in [0.2, 0.25) is 10.0 Å². The monoisotopic (exact) mass is 449 g/mol. The van der Waals surface area contributed by atoms with Crippen LogP contribution in [0.5, 0.6) is 5.75 Å². The Kier molecular flexibility index (Phi) is 7.32. The lowest BCUT2D eigenvalue weighted by Gasteiger charge is -2.09. The lowest BCUT2D eigenvalue weighted by molar-refractivity contribution is -0.146. The minimum atomic E-state index is -0.712. The van der Waals surface area contributed by atoms with Gasteiger partial charge in [0.25, 0.3) is 5.91 Å². The number of esters is 1. The third-order valence-electron chi connectivity index (χ3n) is 4.00. The number of para-hydroxylation sites is 1. The molecule has 0 radical (unpaired) electrons. The van der Waals surface area contributed by atoms with Gasteiger partial charge in [0.15, 0.2) is 6.61 Å². The van der Waals surface area contributed by atoms with E-state index in [1.165, 1.54) is 12.1 Å². The number of ether oxygens (including phenoxy) is 2. The number of amides is 1. The minimum absolute atomic E-state index is 0.0726. The van der Waals surface area contributed by atoms with Crippen molar-refractivity contribution in [3.8, 4) is 5.75 Å². The molecule has 2 aromatic carbocycles. The molecule has 0 atom stereocenters. The Hall–Kier alpha value is -3.03. The van der Waals surface area contributed by atoms with Crippen LogP contribution in [-0.2, 0) is 9.53 Å². The van der Waals surface area contributed by atoms with E-state index in [0.29, 0.717) is 28.2 Å². The normalized spacial score (nSPS) is 10.6. The molecule has 0 aliphatic carbocycles. The number of carbonyl (C=O) groups excluding carboxylic acids is 2. The van der Waals surface area contributed by atoms with Crippen molar-refractivity contribution in [3.05, 3.63) is 74.6 Å². The fourth-order valence-corrected chi connectivity index (χ4v) is 3.01. The summed E-state index contributed by atoms with van der Waals surface area (Å²) in [4.78, 5) is 35.9. The number of benzene rings is 2. The molecule has 0 spiro atoms. The summed E-state index contributed by atoms with van der Waals surface area (Å²) in [7, 11) is 0. The number of hydrogen-bond acceptors (Lipinski definition) is 6. The first-order valence-corrected chi connectivity index (χ1v) is 9.74. The van der Waals surface area contributed by atoms with Crippen LogP contribution in [0.3, 0.4) is 0 Å². The topological polar surface area (TPSA) is 94.8 Å². The molecule has 1 amide bonds. The maximum absolute atomic E-state index is 12.2. The van der Waals surface area contributed by atoms with Crippen LogP contribution in [0.15, 0.2) is 57.7 Å². The first kappa shape index (κ1) is 21.7. The molecule has 3 aromatic rings. The summed E-state index contributed by atoms with van der Waals surface area (Å²) in [6.45, 7) is -0.0305. The van der Waals surface area contributed by atoms with Gasteiger partial charge < -0.3 is 19.2 Å². The molecule has 0 fully saturated rings. The van der Waals surface area contributed by atoms with Crippen LogP contribution in [0, 0.1) is 0 Å². The van der Waals surface area contributed by atoms with Gasteiger partial charge in [-0.1, -0.05) is 41.4 Å². The fourth-order valence-electron chi connectivity index (χ4n) is 2.55. The zero-order valence-electron chi connectivity index (χ0n) is 15.7. The van der Waals surface area contributed by atoms with Gasteiger partial charge in [-0.15, -0.1) is 0 Å². The molecule has 1 aromatic heterocycles. The van der Waals surface area contributed by atoms with Crippen LogP contribution < -0.4 is 15.7 Å². The van der Waals surface area contributed by atoms with Crippen molar-refractivity contribution in [2.45, 2.75) is 6.42 Å². The van der Waals surface area contributed by atoms with Crippen molar-refractivity contribution < 1.29 is 23.5 Å². The third-order valence-corrected chi connectivity index (χ3v) is 4.53. The van der Waals surface area contributed by atoms with Gasteiger partial charge in [0, 0.05) is 17.0 Å². The molecular formula is C21H17Cl2NO6. The van der Waals surface area contributed by atoms with Crippen LogP contribution in [0.4, 0.5) is 0 Å². The molecule has 0 saturated carbocycles. The van der Waals surface area contributed by atoms with Crippen molar-refractivity contribution in [2.24, 2.45) is 0 Å². The lowest BCUT2D eigenvalue weighted by atomic mass is 10.2. The van der Waals surface area contributed by atoms with Crippen LogP contribution in [-0.4, -0.2) is 31.6 Å². The third kappa shape index (κ3) is 5.75. The van der Waals surface area contributed by atoms with E-state index in [2.05, 4.69) is 5.32 Å². The fraction of sp³-hybridized carbons (Fsp3) is 0.190. The molecule has 156 valence electrons. The van der Waals surface area contributed by atoms with E-state index in [1.54, 1.807) is 36.4 Å². The van der Waals surface area contributed by atoms with Crippen molar-refractivity contribution in [1.29, 1.82) is 0 Å². The smallest absolute Gasteiger partial charge is 0.349 e. The zero-order valence-corrected chi connectivity index (χ0v) is 17.2. The Morgan fingerprint density at radius 3 is 2.67 bits per heavy atom. The summed E-state index contributed by atoms with van der Waals surface area (Å²) in [5.74, 6) is -0.816. The summed E-state index contributed by atoms with van der Waals surface area (Å²) in [5.41, 5.74) is -0.386. The second kappa shape index (κ2) is 10.1. The first-order valence-electron chi connectivity index (χ1n) is 8.98. The molecule has 0 aliphatic heterocycles. The second-order valence-electron chi connectivity index (χ2n) is 6.18. The second-order valence-corrected chi connectivity index (χ2v) is 7.02. The van der Waals surface area contributed by atoms with Gasteiger partial charge in [-0.25, -0.2) is 9.59 Å². The SMILES string of the molecule is O=C(COc1ccc(Cl)cc1Cl)OCCCNC(=O)c1cc2ccccc2oc1=O. The predicted molar refractivity (Wildman–Crippen MR) is 112 cm³/mol. The predicted octanol–water partition coefficient (Wildman–Crippen LogP) is 3.84. The standard InChI is InChI=1S/C21H17Cl2NO6/c22-14-6-7-18(16(23)11-14)29-12-19(25)28-9-3-8-24-20(26)15-10-13-4-1-2-5-17(13)30-21(15)27/h1-2,4-7,10-11H,3,8-9,12H2,(H,24,26). The van der Waals surface area contributed by atoms with Crippen molar-refractivity contribution in [2.75, 3.05) is 19.8 Å². The molecule has 1 heterocycles. The molecule has 0 bridgehead atoms. The van der Waals surface area contributed by atoms with Gasteiger partial charge in [-0.2, -0.15) is 0 Å². The Bertz CT molecular complexity index is 1130. The van der Waals surface area contributed by atoms with Crippen LogP contribution in [0.1, 0.15) is 16.8 Å². The van der Waals surface area contributed by atoms with E-state index < -0.39 is 17.5 Å². The van der Waals surface area contributed by atoms with Crippen LogP contribution >= 0.6 is 23.2 Å². The maximum Gasteiger partial charge on any atom is 0.349 e. The first-order chi connectivity index (χ1) is 14.4. The minimum Gasteiger partial charge on any atom is -0.480 e. The average Bonchev–Trinajstić information content (AvgIpc) is 2.72. The van der Waals surface area contributed by atoms with Gasteiger partial charge in [-0.3, -0.25) is 4.79 Å². The Morgan fingerprint density at radius 2 is 1.87 bits per heavy atom. The van der Waals surface area contributed by atoms with Crippen molar-refractivity contribution in [3.63, 3.8) is 0 Å². The highest BCUT2D eigenvalue weighted by Crippen LogP contribution is 2.27. The lowest BCUT2D eigenvalue weighted by Crippen LogP contribution is -2.29. The highest BCUT2D eigenvalue weighted by Gasteiger charge is 2.13. The summed E-state index contributed by atoms with van der Waals surface area (Å²) in [6, 6.07) is 13.0. The zero-order chi connectivity index (χ0) is 21.5. The van der Waals surface area contributed by atoms with E-state index in [9.17, 15) is 14.4 Å². The molecular weight excluding hydrogens is 433 g/mol. The average molecular weight is 450 g/mol. The van der Waals surface area contributed by atoms with Gasteiger partial charge >= 0.3 is 11.6 Å². The molecule has 3 rings (SSSR count). The summed E-state index contributed by atoms with van der Waals surface area (Å²) in [6.07, 6.45) is 0.359. The number of hydrogen-bond donors (Lipinski definition) is 1. The Labute approximate surface area is 181 Å². The molecule has 7 nitrogen and oxygen atoms in total. The maximum atomic E-state index is 12.2. The summed E-state index contributed by atoms with van der Waals surface area (Å²) in [5, 5.41) is 3.99. The molecule has 0 saturated heterocycles. The number of rotatable bonds is 8. The number of nitrogens with one attached hydrogen (secondary N) is 1. The number of halogens is 2. The number of carbonyl (C=O) groups is 2. The van der Waals surface area contributed by atoms with Crippen molar-refractivity contribution in [1.82, 2.24) is 5.32 Å². The largest absolute Gasteiger partial charge is 0.480 e. The van der Waals surface area contributed by atoms with E-state index in [-0.39, 0.29) is 30.3 Å². The van der Waals surface area contributed by atoms with Gasteiger partial charge in [-0.05, 0) is 36.8 Å². The number of fused-ring (bicyclic) bond motifs is 1. The van der Waals surface area contributed by atoms with E-state index in [1.807, 2.05) is 0 Å². The van der Waals surface area contributed by atoms with E-state index in [4.69, 9.17) is 37.1 Å². The van der Waals surface area contributed by atoms with E-state index in [0.717, 1.165) is 0 Å². The van der Waals surface area contributed by atoms with Gasteiger partial charge in [0.2, 0.25) is 0 Å². The molecule has 0 unspecified atom stereocenters. The highest BCUT2D eigenvalue weighted by molar-refractivity contribution is 6.35. The van der Waals surface area contributed by atoms with E-state index >= 15 is 0 Å². The Morgan fingerprint density at radius 1 is 1.07 bits per heavy atom. The quantitative estimate of drug-likeness (QED) is 0.318. The van der Waals surface area contributed by atoms with Crippen molar-refractivity contribution >= 4 is 46.0 Å². The molecule has 1 N–H and O–H groups in total. The Balaban J connectivity index is 1.39. The molecule has 9 heteroatoms. The summed E-state index contributed by atoms with van der Waals surface area (Å²) < 4.78 is 15.4. The van der Waals surface area contributed by atoms with Gasteiger partial charge in [0.05, 0.1) is 11.6 Å². The van der Waals surface area contributed by atoms with Crippen LogP contribution in [0.25, 0.3) is 11.0 Å². The highest BCUT2D eigenvalue weighted by atomic mass is 35.5. The molecule has 30 heavy (non-hydrogen) atoms. The van der Waals surface area contributed by atoms with Gasteiger partial charge in [0.1, 0.15) is 16.9 Å². The molecule has 0 aliphatic rings.